The summed E-state index contributed by atoms with van der Waals surface area (Å²) in [6, 6.07) is 7.56. The van der Waals surface area contributed by atoms with Gasteiger partial charge in [0.15, 0.2) is 0 Å². The van der Waals surface area contributed by atoms with E-state index in [1.165, 1.54) is 0 Å². The van der Waals surface area contributed by atoms with Crippen LogP contribution in [0.15, 0.2) is 42.5 Å². The van der Waals surface area contributed by atoms with Crippen molar-refractivity contribution in [1.29, 1.82) is 0 Å². The Bertz CT molecular complexity index is 444. The lowest BCUT2D eigenvalue weighted by Crippen LogP contribution is -2.06. The first-order chi connectivity index (χ1) is 9.21. The number of ether oxygens (including phenoxy) is 2. The van der Waals surface area contributed by atoms with Crippen LogP contribution in [0.1, 0.15) is 25.8 Å². The molecule has 0 aliphatic heterocycles. The summed E-state index contributed by atoms with van der Waals surface area (Å²) in [6.07, 6.45) is 4.19. The molecule has 19 heavy (non-hydrogen) atoms. The number of rotatable bonds is 7. The first-order valence-corrected chi connectivity index (χ1v) is 6.42. The van der Waals surface area contributed by atoms with Crippen molar-refractivity contribution in [2.75, 3.05) is 13.2 Å². The SMILES string of the molecule is C=CCOc1ccc(/C=C(\CC)C(=O)OCC)cc1. The molecule has 1 aromatic rings. The molecular weight excluding hydrogens is 240 g/mol. The van der Waals surface area contributed by atoms with Gasteiger partial charge in [0, 0.05) is 5.57 Å². The minimum atomic E-state index is -0.253. The molecule has 0 aliphatic rings. The minimum Gasteiger partial charge on any atom is -0.490 e. The molecule has 0 amide bonds. The van der Waals surface area contributed by atoms with Crippen LogP contribution < -0.4 is 4.74 Å². The van der Waals surface area contributed by atoms with Crippen LogP contribution in [0.25, 0.3) is 6.08 Å². The van der Waals surface area contributed by atoms with Crippen LogP contribution in [0.4, 0.5) is 0 Å². The molecular formula is C16H20O3. The van der Waals surface area contributed by atoms with Gasteiger partial charge in [-0.2, -0.15) is 0 Å². The summed E-state index contributed by atoms with van der Waals surface area (Å²) in [5.41, 5.74) is 1.62. The highest BCUT2D eigenvalue weighted by atomic mass is 16.5. The van der Waals surface area contributed by atoms with Crippen LogP contribution in [0.5, 0.6) is 5.75 Å². The average molecular weight is 260 g/mol. The predicted molar refractivity (Wildman–Crippen MR) is 77.0 cm³/mol. The highest BCUT2D eigenvalue weighted by molar-refractivity contribution is 5.93. The van der Waals surface area contributed by atoms with E-state index in [9.17, 15) is 4.79 Å². The second kappa shape index (κ2) is 8.14. The Morgan fingerprint density at radius 2 is 1.95 bits per heavy atom. The van der Waals surface area contributed by atoms with Crippen LogP contribution in [-0.4, -0.2) is 19.2 Å². The van der Waals surface area contributed by atoms with Gasteiger partial charge in [-0.05, 0) is 37.1 Å². The Hall–Kier alpha value is -2.03. The van der Waals surface area contributed by atoms with E-state index in [1.54, 1.807) is 13.0 Å². The van der Waals surface area contributed by atoms with E-state index < -0.39 is 0 Å². The molecule has 0 saturated heterocycles. The molecule has 0 saturated carbocycles. The summed E-state index contributed by atoms with van der Waals surface area (Å²) in [5, 5.41) is 0. The maximum Gasteiger partial charge on any atom is 0.333 e. The Kier molecular flexibility index (Phi) is 6.44. The first kappa shape index (κ1) is 15.0. The summed E-state index contributed by atoms with van der Waals surface area (Å²) in [5.74, 6) is 0.531. The van der Waals surface area contributed by atoms with Crippen molar-refractivity contribution in [2.45, 2.75) is 20.3 Å². The van der Waals surface area contributed by atoms with Gasteiger partial charge in [-0.1, -0.05) is 31.7 Å². The van der Waals surface area contributed by atoms with E-state index in [1.807, 2.05) is 37.3 Å². The topological polar surface area (TPSA) is 35.5 Å². The largest absolute Gasteiger partial charge is 0.490 e. The van der Waals surface area contributed by atoms with Crippen LogP contribution in [0.2, 0.25) is 0 Å². The Morgan fingerprint density at radius 3 is 2.47 bits per heavy atom. The van der Waals surface area contributed by atoms with E-state index in [0.717, 1.165) is 11.3 Å². The quantitative estimate of drug-likeness (QED) is 0.427. The highest BCUT2D eigenvalue weighted by Crippen LogP contribution is 2.16. The fraction of sp³-hybridized carbons (Fsp3) is 0.312. The zero-order valence-corrected chi connectivity index (χ0v) is 11.5. The highest BCUT2D eigenvalue weighted by Gasteiger charge is 2.07. The molecule has 1 rings (SSSR count). The molecule has 0 radical (unpaired) electrons. The van der Waals surface area contributed by atoms with Crippen molar-refractivity contribution in [1.82, 2.24) is 0 Å². The molecule has 0 aromatic heterocycles. The molecule has 1 aromatic carbocycles. The summed E-state index contributed by atoms with van der Waals surface area (Å²) in [6.45, 7) is 8.21. The molecule has 102 valence electrons. The summed E-state index contributed by atoms with van der Waals surface area (Å²) in [7, 11) is 0. The fourth-order valence-corrected chi connectivity index (χ4v) is 1.55. The van der Waals surface area contributed by atoms with E-state index in [0.29, 0.717) is 25.2 Å². The normalized spacial score (nSPS) is 10.9. The van der Waals surface area contributed by atoms with Crippen molar-refractivity contribution >= 4 is 12.0 Å². The van der Waals surface area contributed by atoms with E-state index in [2.05, 4.69) is 6.58 Å². The zero-order valence-electron chi connectivity index (χ0n) is 11.5. The second-order valence-corrected chi connectivity index (χ2v) is 3.91. The van der Waals surface area contributed by atoms with E-state index in [-0.39, 0.29) is 5.97 Å². The molecule has 0 atom stereocenters. The van der Waals surface area contributed by atoms with Crippen LogP contribution in [-0.2, 0) is 9.53 Å². The van der Waals surface area contributed by atoms with Gasteiger partial charge in [-0.15, -0.1) is 0 Å². The number of carbonyl (C=O) groups is 1. The number of hydrogen-bond donors (Lipinski definition) is 0. The van der Waals surface area contributed by atoms with E-state index in [4.69, 9.17) is 9.47 Å². The maximum absolute atomic E-state index is 11.7. The van der Waals surface area contributed by atoms with Gasteiger partial charge >= 0.3 is 5.97 Å². The number of hydrogen-bond acceptors (Lipinski definition) is 3. The van der Waals surface area contributed by atoms with Gasteiger partial charge in [0.05, 0.1) is 6.61 Å². The van der Waals surface area contributed by atoms with Crippen molar-refractivity contribution in [3.8, 4) is 5.75 Å². The number of esters is 1. The lowest BCUT2D eigenvalue weighted by molar-refractivity contribution is -0.138. The fourth-order valence-electron chi connectivity index (χ4n) is 1.55. The smallest absolute Gasteiger partial charge is 0.333 e. The average Bonchev–Trinajstić information content (AvgIpc) is 2.44. The second-order valence-electron chi connectivity index (χ2n) is 3.91. The van der Waals surface area contributed by atoms with Crippen molar-refractivity contribution in [3.05, 3.63) is 48.1 Å². The standard InChI is InChI=1S/C16H20O3/c1-4-11-19-15-9-7-13(8-10-15)12-14(5-2)16(17)18-6-3/h4,7-10,12H,1,5-6,11H2,2-3H3/b14-12+. The molecule has 0 unspecified atom stereocenters. The van der Waals surface area contributed by atoms with Crippen molar-refractivity contribution in [2.24, 2.45) is 0 Å². The van der Waals surface area contributed by atoms with Gasteiger partial charge in [-0.3, -0.25) is 0 Å². The molecule has 0 bridgehead atoms. The Balaban J connectivity index is 2.78. The summed E-state index contributed by atoms with van der Waals surface area (Å²) >= 11 is 0. The van der Waals surface area contributed by atoms with Crippen LogP contribution >= 0.6 is 0 Å². The van der Waals surface area contributed by atoms with Gasteiger partial charge < -0.3 is 9.47 Å². The van der Waals surface area contributed by atoms with E-state index >= 15 is 0 Å². The Morgan fingerprint density at radius 1 is 1.26 bits per heavy atom. The van der Waals surface area contributed by atoms with Gasteiger partial charge in [0.25, 0.3) is 0 Å². The van der Waals surface area contributed by atoms with Crippen molar-refractivity contribution in [3.63, 3.8) is 0 Å². The summed E-state index contributed by atoms with van der Waals surface area (Å²) in [4.78, 5) is 11.7. The molecule has 0 spiro atoms. The molecule has 0 aliphatic carbocycles. The third kappa shape index (κ3) is 5.00. The molecule has 0 N–H and O–H groups in total. The predicted octanol–water partition coefficient (Wildman–Crippen LogP) is 3.61. The first-order valence-electron chi connectivity index (χ1n) is 6.42. The summed E-state index contributed by atoms with van der Waals surface area (Å²) < 4.78 is 10.4. The zero-order chi connectivity index (χ0) is 14.1. The Labute approximate surface area is 114 Å². The van der Waals surface area contributed by atoms with Gasteiger partial charge in [0.2, 0.25) is 0 Å². The monoisotopic (exact) mass is 260 g/mol. The molecule has 0 fully saturated rings. The van der Waals surface area contributed by atoms with Crippen LogP contribution in [0.3, 0.4) is 0 Å². The third-order valence-corrected chi connectivity index (χ3v) is 2.51. The third-order valence-electron chi connectivity index (χ3n) is 2.51. The van der Waals surface area contributed by atoms with Crippen molar-refractivity contribution < 1.29 is 14.3 Å². The maximum atomic E-state index is 11.7. The number of benzene rings is 1. The number of carbonyl (C=O) groups excluding carboxylic acids is 1. The van der Waals surface area contributed by atoms with Gasteiger partial charge in [-0.25, -0.2) is 4.79 Å². The minimum absolute atomic E-state index is 0.253. The molecule has 3 heteroatoms. The molecule has 3 nitrogen and oxygen atoms in total. The van der Waals surface area contributed by atoms with Crippen LogP contribution in [0, 0.1) is 0 Å². The van der Waals surface area contributed by atoms with Gasteiger partial charge in [0.1, 0.15) is 12.4 Å². The lowest BCUT2D eigenvalue weighted by Gasteiger charge is -2.06. The molecule has 0 heterocycles. The lowest BCUT2D eigenvalue weighted by atomic mass is 10.1.